The molecule has 0 radical (unpaired) electrons. The lowest BCUT2D eigenvalue weighted by Gasteiger charge is -2.10. The molecular weight excluding hydrogens is 384 g/mol. The minimum absolute atomic E-state index is 0.0457. The van der Waals surface area contributed by atoms with Crippen LogP contribution in [-0.2, 0) is 9.53 Å². The van der Waals surface area contributed by atoms with E-state index in [0.29, 0.717) is 35.7 Å². The van der Waals surface area contributed by atoms with Crippen LogP contribution in [0.25, 0.3) is 22.0 Å². The Morgan fingerprint density at radius 1 is 1.33 bits per heavy atom. The summed E-state index contributed by atoms with van der Waals surface area (Å²) < 4.78 is 5.18. The van der Waals surface area contributed by atoms with Crippen LogP contribution >= 0.6 is 0 Å². The third-order valence-electron chi connectivity index (χ3n) is 5.67. The second-order valence-electron chi connectivity index (χ2n) is 7.69. The maximum absolute atomic E-state index is 12.6. The van der Waals surface area contributed by atoms with E-state index in [2.05, 4.69) is 25.6 Å². The van der Waals surface area contributed by atoms with Gasteiger partial charge in [0, 0.05) is 41.4 Å². The predicted octanol–water partition coefficient (Wildman–Crippen LogP) is 2.27. The molecule has 1 saturated heterocycles. The van der Waals surface area contributed by atoms with Crippen LogP contribution in [0.2, 0.25) is 0 Å². The van der Waals surface area contributed by atoms with Crippen molar-refractivity contribution >= 4 is 34.4 Å². The third kappa shape index (κ3) is 3.28. The van der Waals surface area contributed by atoms with E-state index in [0.717, 1.165) is 16.5 Å². The Morgan fingerprint density at radius 3 is 2.97 bits per heavy atom. The number of nitrogen functional groups attached to an aromatic ring is 1. The first-order chi connectivity index (χ1) is 14.5. The molecule has 0 aromatic carbocycles. The van der Waals surface area contributed by atoms with Crippen molar-refractivity contribution in [2.24, 2.45) is 11.8 Å². The fraction of sp³-hybridized carbons (Fsp3) is 0.286. The monoisotopic (exact) mass is 404 g/mol. The molecule has 9 nitrogen and oxygen atoms in total. The molecule has 0 bridgehead atoms. The number of carbonyl (C=O) groups excluding carboxylic acids is 2. The summed E-state index contributed by atoms with van der Waals surface area (Å²) in [6, 6.07) is 5.62. The maximum atomic E-state index is 12.6. The maximum Gasteiger partial charge on any atom is 0.407 e. The van der Waals surface area contributed by atoms with E-state index in [1.54, 1.807) is 24.7 Å². The summed E-state index contributed by atoms with van der Waals surface area (Å²) in [6.07, 6.45) is 5.13. The zero-order valence-corrected chi connectivity index (χ0v) is 16.3. The first-order valence-electron chi connectivity index (χ1n) is 9.72. The van der Waals surface area contributed by atoms with Crippen molar-refractivity contribution < 1.29 is 14.3 Å². The largest absolute Gasteiger partial charge is 0.444 e. The fourth-order valence-corrected chi connectivity index (χ4v) is 3.90. The lowest BCUT2D eigenvalue weighted by atomic mass is 10.1. The molecule has 3 aromatic heterocycles. The molecular formula is C21H20N6O3. The number of amides is 2. The van der Waals surface area contributed by atoms with Crippen molar-refractivity contribution in [2.45, 2.75) is 19.4 Å². The van der Waals surface area contributed by atoms with E-state index in [9.17, 15) is 9.59 Å². The van der Waals surface area contributed by atoms with Gasteiger partial charge in [0.1, 0.15) is 17.7 Å². The number of alkyl carbamates (subject to hydrolysis) is 1. The summed E-state index contributed by atoms with van der Waals surface area (Å²) in [5.74, 6) is 0.550. The van der Waals surface area contributed by atoms with Crippen molar-refractivity contribution in [1.82, 2.24) is 20.3 Å². The molecule has 4 N–H and O–H groups in total. The van der Waals surface area contributed by atoms with E-state index in [-0.39, 0.29) is 23.8 Å². The van der Waals surface area contributed by atoms with Gasteiger partial charge in [0.25, 0.3) is 0 Å². The Bertz CT molecular complexity index is 1180. The summed E-state index contributed by atoms with van der Waals surface area (Å²) in [4.78, 5) is 36.8. The average Bonchev–Trinajstić information content (AvgIpc) is 3.42. The highest BCUT2D eigenvalue weighted by molar-refractivity contribution is 5.98. The van der Waals surface area contributed by atoms with Gasteiger partial charge in [0.2, 0.25) is 5.91 Å². The first kappa shape index (κ1) is 18.3. The number of hydrogen-bond acceptors (Lipinski definition) is 7. The summed E-state index contributed by atoms with van der Waals surface area (Å²) in [7, 11) is 0. The minimum Gasteiger partial charge on any atom is -0.444 e. The Hall–Kier alpha value is -3.75. The van der Waals surface area contributed by atoms with E-state index < -0.39 is 6.09 Å². The highest BCUT2D eigenvalue weighted by atomic mass is 16.6. The average molecular weight is 404 g/mol. The van der Waals surface area contributed by atoms with Crippen LogP contribution in [0.5, 0.6) is 0 Å². The molecule has 1 aliphatic heterocycles. The molecule has 2 aliphatic rings. The van der Waals surface area contributed by atoms with Crippen LogP contribution in [0.1, 0.15) is 12.0 Å². The van der Waals surface area contributed by atoms with Crippen LogP contribution in [0, 0.1) is 18.8 Å². The fourth-order valence-electron chi connectivity index (χ4n) is 3.90. The van der Waals surface area contributed by atoms with Gasteiger partial charge >= 0.3 is 6.09 Å². The topological polar surface area (TPSA) is 132 Å². The molecule has 5 rings (SSSR count). The van der Waals surface area contributed by atoms with E-state index in [4.69, 9.17) is 10.5 Å². The number of aryl methyl sites for hydroxylation is 1. The van der Waals surface area contributed by atoms with Crippen LogP contribution in [0.4, 0.5) is 16.4 Å². The molecule has 1 unspecified atom stereocenters. The second-order valence-corrected chi connectivity index (χ2v) is 7.69. The van der Waals surface area contributed by atoms with Crippen molar-refractivity contribution in [1.29, 1.82) is 0 Å². The lowest BCUT2D eigenvalue weighted by molar-refractivity contribution is -0.117. The highest BCUT2D eigenvalue weighted by Crippen LogP contribution is 2.44. The van der Waals surface area contributed by atoms with Crippen LogP contribution in [-0.4, -0.2) is 39.6 Å². The van der Waals surface area contributed by atoms with Gasteiger partial charge in [-0.05, 0) is 42.5 Å². The number of nitrogens with zero attached hydrogens (tertiary/aromatic N) is 3. The number of fused-ring (bicyclic) bond motifs is 1. The number of carbonyl (C=O) groups is 2. The predicted molar refractivity (Wildman–Crippen MR) is 110 cm³/mol. The number of pyridine rings is 3. The number of nitrogens with one attached hydrogen (secondary N) is 2. The van der Waals surface area contributed by atoms with E-state index in [1.165, 1.54) is 0 Å². The van der Waals surface area contributed by atoms with Gasteiger partial charge < -0.3 is 21.1 Å². The number of aromatic nitrogens is 3. The van der Waals surface area contributed by atoms with Gasteiger partial charge in [0.05, 0.1) is 12.2 Å². The lowest BCUT2D eigenvalue weighted by Crippen LogP contribution is -2.22. The van der Waals surface area contributed by atoms with E-state index in [1.807, 2.05) is 19.1 Å². The SMILES string of the molecule is Cc1ccncc1-c1cc2cc(NC(=O)[C@H]3CC3[C@@H]3CNC(=O)O3)ncc2c(N)n1. The molecule has 30 heavy (non-hydrogen) atoms. The summed E-state index contributed by atoms with van der Waals surface area (Å²) in [5.41, 5.74) is 8.80. The summed E-state index contributed by atoms with van der Waals surface area (Å²) in [5, 5.41) is 7.03. The van der Waals surface area contributed by atoms with Crippen LogP contribution in [0.15, 0.2) is 36.8 Å². The minimum atomic E-state index is -0.423. The number of ether oxygens (including phenoxy) is 1. The molecule has 4 heterocycles. The Balaban J connectivity index is 1.37. The number of cyclic esters (lactones) is 1. The van der Waals surface area contributed by atoms with Crippen LogP contribution < -0.4 is 16.4 Å². The Kier molecular flexibility index (Phi) is 4.23. The molecule has 1 aliphatic carbocycles. The third-order valence-corrected chi connectivity index (χ3v) is 5.67. The molecule has 2 amide bonds. The normalized spacial score (nSPS) is 22.4. The Morgan fingerprint density at radius 2 is 2.20 bits per heavy atom. The number of hydrogen-bond donors (Lipinski definition) is 3. The molecule has 152 valence electrons. The number of rotatable bonds is 4. The summed E-state index contributed by atoms with van der Waals surface area (Å²) in [6.45, 7) is 2.44. The van der Waals surface area contributed by atoms with E-state index >= 15 is 0 Å². The second kappa shape index (κ2) is 6.94. The van der Waals surface area contributed by atoms with Crippen molar-refractivity contribution in [3.8, 4) is 11.3 Å². The molecule has 3 aromatic rings. The summed E-state index contributed by atoms with van der Waals surface area (Å²) >= 11 is 0. The molecule has 9 heteroatoms. The Labute approximate surface area is 172 Å². The van der Waals surface area contributed by atoms with Crippen molar-refractivity contribution in [3.05, 3.63) is 42.4 Å². The number of anilines is 2. The molecule has 2 fully saturated rings. The molecule has 1 saturated carbocycles. The van der Waals surface area contributed by atoms with Gasteiger partial charge in [-0.3, -0.25) is 9.78 Å². The van der Waals surface area contributed by atoms with Gasteiger partial charge in [-0.25, -0.2) is 14.8 Å². The molecule has 0 spiro atoms. The molecule has 3 atom stereocenters. The zero-order chi connectivity index (χ0) is 20.8. The first-order valence-corrected chi connectivity index (χ1v) is 9.72. The number of nitrogens with two attached hydrogens (primary N) is 1. The van der Waals surface area contributed by atoms with Gasteiger partial charge in [-0.15, -0.1) is 0 Å². The van der Waals surface area contributed by atoms with Crippen molar-refractivity contribution in [2.75, 3.05) is 17.6 Å². The smallest absolute Gasteiger partial charge is 0.407 e. The van der Waals surface area contributed by atoms with Gasteiger partial charge in [-0.2, -0.15) is 0 Å². The van der Waals surface area contributed by atoms with Crippen LogP contribution in [0.3, 0.4) is 0 Å². The zero-order valence-electron chi connectivity index (χ0n) is 16.3. The quantitative estimate of drug-likeness (QED) is 0.607. The van der Waals surface area contributed by atoms with Crippen molar-refractivity contribution in [3.63, 3.8) is 0 Å². The van der Waals surface area contributed by atoms with Gasteiger partial charge in [-0.1, -0.05) is 0 Å². The standard InChI is InChI=1S/C21H20N6O3/c1-10-2-3-23-7-14(10)16-4-11-5-18(24-8-15(11)19(22)26-16)27-20(28)13-6-12(13)17-9-25-21(29)30-17/h2-5,7-8,12-13,17H,6,9H2,1H3,(H2,22,26)(H,25,29)(H,24,27,28)/t12?,13-,17-/m0/s1. The van der Waals surface area contributed by atoms with Gasteiger partial charge in [0.15, 0.2) is 0 Å². The highest BCUT2D eigenvalue weighted by Gasteiger charge is 2.51.